The predicted octanol–water partition coefficient (Wildman–Crippen LogP) is 2.68. The topological polar surface area (TPSA) is 61.9 Å². The molecule has 0 fully saturated rings. The Labute approximate surface area is 123 Å². The third kappa shape index (κ3) is 3.57. The Hall–Kier alpha value is -1.88. The monoisotopic (exact) mass is 292 g/mol. The van der Waals surface area contributed by atoms with Gasteiger partial charge in [-0.1, -0.05) is 24.9 Å². The van der Waals surface area contributed by atoms with E-state index in [0.717, 1.165) is 24.2 Å². The fourth-order valence-corrected chi connectivity index (χ4v) is 2.12. The van der Waals surface area contributed by atoms with Crippen molar-refractivity contribution in [3.63, 3.8) is 0 Å². The Morgan fingerprint density at radius 3 is 2.90 bits per heavy atom. The van der Waals surface area contributed by atoms with Crippen molar-refractivity contribution >= 4 is 17.5 Å². The number of carbonyl (C=O) groups excluding carboxylic acids is 1. The number of nitrogens with zero attached hydrogens (tertiary/aromatic N) is 3. The van der Waals surface area contributed by atoms with Crippen LogP contribution in [0, 0.1) is 0 Å². The van der Waals surface area contributed by atoms with E-state index in [1.165, 1.54) is 12.4 Å². The zero-order valence-corrected chi connectivity index (χ0v) is 12.3. The summed E-state index contributed by atoms with van der Waals surface area (Å²) in [5, 5.41) is 7.62. The first-order valence-corrected chi connectivity index (χ1v) is 6.87. The van der Waals surface area contributed by atoms with Gasteiger partial charge in [-0.25, -0.2) is 0 Å². The van der Waals surface area contributed by atoms with Gasteiger partial charge in [-0.2, -0.15) is 5.10 Å². The number of aromatic nitrogens is 3. The quantitative estimate of drug-likeness (QED) is 0.921. The minimum atomic E-state index is -0.119. The normalized spacial score (nSPS) is 10.6. The number of amides is 1. The highest BCUT2D eigenvalue weighted by atomic mass is 35.5. The minimum Gasteiger partial charge on any atom is -0.336 e. The number of aryl methyl sites for hydroxylation is 1. The lowest BCUT2D eigenvalue weighted by atomic mass is 10.2. The lowest BCUT2D eigenvalue weighted by Crippen LogP contribution is -2.26. The molecule has 0 aromatic carbocycles. The first kappa shape index (κ1) is 14.5. The zero-order valence-electron chi connectivity index (χ0n) is 11.6. The van der Waals surface area contributed by atoms with E-state index in [-0.39, 0.29) is 5.91 Å². The standard InChI is InChI=1S/C14H17ClN4O/c1-3-4-12-6-13(18-17-12)9-19(2)14(20)10-5-11(15)8-16-7-10/h5-8H,3-4,9H2,1-2H3,(H,17,18). The van der Waals surface area contributed by atoms with Gasteiger partial charge in [0.15, 0.2) is 0 Å². The van der Waals surface area contributed by atoms with Gasteiger partial charge < -0.3 is 4.90 Å². The highest BCUT2D eigenvalue weighted by Crippen LogP contribution is 2.12. The van der Waals surface area contributed by atoms with Gasteiger partial charge in [0.1, 0.15) is 0 Å². The van der Waals surface area contributed by atoms with Crippen LogP contribution in [0.3, 0.4) is 0 Å². The average molecular weight is 293 g/mol. The van der Waals surface area contributed by atoms with Gasteiger partial charge in [-0.15, -0.1) is 0 Å². The Balaban J connectivity index is 2.03. The Kier molecular flexibility index (Phi) is 4.74. The summed E-state index contributed by atoms with van der Waals surface area (Å²) in [6, 6.07) is 3.60. The third-order valence-electron chi connectivity index (χ3n) is 2.90. The number of pyridine rings is 1. The summed E-state index contributed by atoms with van der Waals surface area (Å²) in [6.07, 6.45) is 5.00. The van der Waals surface area contributed by atoms with Crippen LogP contribution < -0.4 is 0 Å². The first-order chi connectivity index (χ1) is 9.60. The van der Waals surface area contributed by atoms with Crippen molar-refractivity contribution in [1.29, 1.82) is 0 Å². The smallest absolute Gasteiger partial charge is 0.255 e. The molecule has 1 N–H and O–H groups in total. The molecule has 0 aliphatic carbocycles. The summed E-state index contributed by atoms with van der Waals surface area (Å²) in [7, 11) is 1.74. The van der Waals surface area contributed by atoms with Crippen LogP contribution in [0.2, 0.25) is 5.02 Å². The van der Waals surface area contributed by atoms with Crippen LogP contribution in [0.25, 0.3) is 0 Å². The largest absolute Gasteiger partial charge is 0.336 e. The van der Waals surface area contributed by atoms with E-state index >= 15 is 0 Å². The molecule has 0 saturated heterocycles. The van der Waals surface area contributed by atoms with Gasteiger partial charge in [-0.3, -0.25) is 14.9 Å². The van der Waals surface area contributed by atoms with Crippen LogP contribution in [0.5, 0.6) is 0 Å². The van der Waals surface area contributed by atoms with E-state index in [2.05, 4.69) is 22.1 Å². The molecule has 2 aromatic heterocycles. The van der Waals surface area contributed by atoms with E-state index in [1.54, 1.807) is 18.0 Å². The third-order valence-corrected chi connectivity index (χ3v) is 3.10. The summed E-state index contributed by atoms with van der Waals surface area (Å²) in [5.41, 5.74) is 2.42. The Bertz CT molecular complexity index is 596. The number of rotatable bonds is 5. The molecule has 0 unspecified atom stereocenters. The highest BCUT2D eigenvalue weighted by Gasteiger charge is 2.14. The second-order valence-corrected chi connectivity index (χ2v) is 5.12. The van der Waals surface area contributed by atoms with E-state index in [9.17, 15) is 4.79 Å². The number of nitrogens with one attached hydrogen (secondary N) is 1. The number of halogens is 1. The molecule has 2 aromatic rings. The van der Waals surface area contributed by atoms with E-state index in [4.69, 9.17) is 11.6 Å². The number of hydrogen-bond donors (Lipinski definition) is 1. The average Bonchev–Trinajstić information content (AvgIpc) is 2.85. The van der Waals surface area contributed by atoms with Crippen molar-refractivity contribution in [2.24, 2.45) is 0 Å². The van der Waals surface area contributed by atoms with Crippen LogP contribution in [0.4, 0.5) is 0 Å². The second-order valence-electron chi connectivity index (χ2n) is 4.69. The van der Waals surface area contributed by atoms with Gasteiger partial charge >= 0.3 is 0 Å². The van der Waals surface area contributed by atoms with Crippen molar-refractivity contribution in [2.75, 3.05) is 7.05 Å². The van der Waals surface area contributed by atoms with Crippen LogP contribution in [0.1, 0.15) is 35.1 Å². The highest BCUT2D eigenvalue weighted by molar-refractivity contribution is 6.30. The molecular weight excluding hydrogens is 276 g/mol. The summed E-state index contributed by atoms with van der Waals surface area (Å²) in [5.74, 6) is -0.119. The summed E-state index contributed by atoms with van der Waals surface area (Å²) >= 11 is 5.84. The molecule has 1 amide bonds. The molecular formula is C14H17ClN4O. The molecule has 2 rings (SSSR count). The second kappa shape index (κ2) is 6.52. The number of hydrogen-bond acceptors (Lipinski definition) is 3. The maximum absolute atomic E-state index is 12.2. The number of H-pyrrole nitrogens is 1. The van der Waals surface area contributed by atoms with E-state index in [0.29, 0.717) is 17.1 Å². The SMILES string of the molecule is CCCc1cc(CN(C)C(=O)c2cncc(Cl)c2)[nH]n1. The van der Waals surface area contributed by atoms with Crippen molar-refractivity contribution in [3.8, 4) is 0 Å². The fraction of sp³-hybridized carbons (Fsp3) is 0.357. The van der Waals surface area contributed by atoms with E-state index in [1.807, 2.05) is 6.07 Å². The van der Waals surface area contributed by atoms with Crippen molar-refractivity contribution < 1.29 is 4.79 Å². The molecule has 0 aliphatic rings. The van der Waals surface area contributed by atoms with Crippen molar-refractivity contribution in [1.82, 2.24) is 20.1 Å². The fourth-order valence-electron chi connectivity index (χ4n) is 1.95. The van der Waals surface area contributed by atoms with Gasteiger partial charge in [-0.05, 0) is 18.6 Å². The van der Waals surface area contributed by atoms with Crippen LogP contribution in [0.15, 0.2) is 24.5 Å². The molecule has 0 radical (unpaired) electrons. The molecule has 5 nitrogen and oxygen atoms in total. The molecule has 0 bridgehead atoms. The lowest BCUT2D eigenvalue weighted by Gasteiger charge is -2.15. The van der Waals surface area contributed by atoms with Crippen LogP contribution in [-0.2, 0) is 13.0 Å². The van der Waals surface area contributed by atoms with Gasteiger partial charge in [0.25, 0.3) is 5.91 Å². The van der Waals surface area contributed by atoms with Gasteiger partial charge in [0.2, 0.25) is 0 Å². The molecule has 0 spiro atoms. The molecule has 106 valence electrons. The molecule has 2 heterocycles. The molecule has 6 heteroatoms. The Morgan fingerprint density at radius 2 is 2.20 bits per heavy atom. The molecule has 20 heavy (non-hydrogen) atoms. The number of aromatic amines is 1. The predicted molar refractivity (Wildman–Crippen MR) is 77.6 cm³/mol. The maximum Gasteiger partial charge on any atom is 0.255 e. The zero-order chi connectivity index (χ0) is 14.5. The summed E-state index contributed by atoms with van der Waals surface area (Å²) in [4.78, 5) is 17.8. The maximum atomic E-state index is 12.2. The van der Waals surface area contributed by atoms with Crippen molar-refractivity contribution in [2.45, 2.75) is 26.3 Å². The van der Waals surface area contributed by atoms with Crippen LogP contribution >= 0.6 is 11.6 Å². The summed E-state index contributed by atoms with van der Waals surface area (Å²) in [6.45, 7) is 2.58. The summed E-state index contributed by atoms with van der Waals surface area (Å²) < 4.78 is 0. The van der Waals surface area contributed by atoms with Crippen molar-refractivity contribution in [3.05, 3.63) is 46.5 Å². The molecule has 0 saturated carbocycles. The molecule has 0 atom stereocenters. The number of carbonyl (C=O) groups is 1. The van der Waals surface area contributed by atoms with E-state index < -0.39 is 0 Å². The van der Waals surface area contributed by atoms with Crippen LogP contribution in [-0.4, -0.2) is 33.0 Å². The van der Waals surface area contributed by atoms with Gasteiger partial charge in [0.05, 0.1) is 28.5 Å². The first-order valence-electron chi connectivity index (χ1n) is 6.49. The minimum absolute atomic E-state index is 0.119. The van der Waals surface area contributed by atoms with Gasteiger partial charge in [0, 0.05) is 19.4 Å². The molecule has 0 aliphatic heterocycles. The lowest BCUT2D eigenvalue weighted by molar-refractivity contribution is 0.0783. The Morgan fingerprint density at radius 1 is 1.40 bits per heavy atom.